The molecule has 39 heavy (non-hydrogen) atoms. The Morgan fingerprint density at radius 3 is 2.51 bits per heavy atom. The fraction of sp³-hybridized carbons (Fsp3) is 0.519. The third kappa shape index (κ3) is 3.78. The Balaban J connectivity index is 1.62. The molecule has 2 N–H and O–H groups in total. The second-order valence-electron chi connectivity index (χ2n) is 10.5. The van der Waals surface area contributed by atoms with Gasteiger partial charge in [-0.25, -0.2) is 0 Å². The summed E-state index contributed by atoms with van der Waals surface area (Å²) in [6.45, 7) is 1.99. The first-order valence-corrected chi connectivity index (χ1v) is 13.6. The van der Waals surface area contributed by atoms with Crippen molar-refractivity contribution in [1.82, 2.24) is 9.80 Å². The number of halogens is 2. The predicted molar refractivity (Wildman–Crippen MR) is 138 cm³/mol. The average Bonchev–Trinajstić information content (AvgIpc) is 3.20. The van der Waals surface area contributed by atoms with Gasteiger partial charge in [-0.15, -0.1) is 23.2 Å². The number of rotatable bonds is 7. The van der Waals surface area contributed by atoms with Gasteiger partial charge in [-0.2, -0.15) is 0 Å². The first-order valence-electron chi connectivity index (χ1n) is 12.8. The number of imide groups is 2. The van der Waals surface area contributed by atoms with E-state index in [1.165, 1.54) is 13.1 Å². The third-order valence-electron chi connectivity index (χ3n) is 8.49. The summed E-state index contributed by atoms with van der Waals surface area (Å²) >= 11 is 14.2. The lowest BCUT2D eigenvalue weighted by molar-refractivity contribution is -0.142. The lowest BCUT2D eigenvalue weighted by atomic mass is 9.56. The molecule has 2 aliphatic carbocycles. The van der Waals surface area contributed by atoms with Crippen molar-refractivity contribution in [3.05, 3.63) is 35.4 Å². The molecule has 1 aromatic carbocycles. The Morgan fingerprint density at radius 2 is 1.85 bits per heavy atom. The van der Waals surface area contributed by atoms with Gasteiger partial charge in [0.1, 0.15) is 0 Å². The number of benzene rings is 1. The number of carboxylic acids is 1. The second-order valence-corrected chi connectivity index (χ2v) is 11.7. The highest BCUT2D eigenvalue weighted by atomic mass is 35.5. The van der Waals surface area contributed by atoms with Crippen LogP contribution >= 0.6 is 23.2 Å². The van der Waals surface area contributed by atoms with E-state index in [0.717, 1.165) is 9.80 Å². The summed E-state index contributed by atoms with van der Waals surface area (Å²) in [7, 11) is 1.31. The molecular weight excluding hydrogens is 551 g/mol. The predicted octanol–water partition coefficient (Wildman–Crippen LogP) is 2.64. The Kier molecular flexibility index (Phi) is 6.70. The SMILES string of the molecule is CCOc1cc([C@H]2C3=CC[C@@H]4C(=O)N(CCCC(=O)O)C(=O)[C@@H]4[C@@H]3C[C@@]3(Cl)C(=O)N(C)C(=O)[C@@]23Cl)ccc1O. The maximum atomic E-state index is 13.6. The molecule has 1 aromatic rings. The molecule has 0 radical (unpaired) electrons. The summed E-state index contributed by atoms with van der Waals surface area (Å²) in [5, 5.41) is 19.3. The van der Waals surface area contributed by atoms with Gasteiger partial charge in [0.15, 0.2) is 21.2 Å². The van der Waals surface area contributed by atoms with Gasteiger partial charge < -0.3 is 14.9 Å². The number of fused-ring (bicyclic) bond motifs is 4. The summed E-state index contributed by atoms with van der Waals surface area (Å²) in [4.78, 5) is 63.1. The number of likely N-dealkylation sites (tertiary alicyclic amines) is 2. The van der Waals surface area contributed by atoms with E-state index in [4.69, 9.17) is 33.0 Å². The van der Waals surface area contributed by atoms with Gasteiger partial charge in [0.2, 0.25) is 11.8 Å². The molecule has 0 unspecified atom stereocenters. The van der Waals surface area contributed by atoms with Crippen LogP contribution in [0.1, 0.15) is 44.1 Å². The van der Waals surface area contributed by atoms with Gasteiger partial charge in [0.25, 0.3) is 11.8 Å². The fourth-order valence-electron chi connectivity index (χ4n) is 6.77. The van der Waals surface area contributed by atoms with Crippen LogP contribution in [0.2, 0.25) is 0 Å². The van der Waals surface area contributed by atoms with Crippen LogP contribution in [-0.2, 0) is 24.0 Å². The summed E-state index contributed by atoms with van der Waals surface area (Å²) in [5.41, 5.74) is 1.10. The number of aromatic hydroxyl groups is 1. The second kappa shape index (κ2) is 9.52. The molecule has 5 rings (SSSR count). The van der Waals surface area contributed by atoms with Crippen LogP contribution in [-0.4, -0.2) is 79.6 Å². The van der Waals surface area contributed by atoms with Crippen molar-refractivity contribution in [2.45, 2.75) is 48.3 Å². The smallest absolute Gasteiger partial charge is 0.303 e. The summed E-state index contributed by atoms with van der Waals surface area (Å²) in [6, 6.07) is 4.54. The summed E-state index contributed by atoms with van der Waals surface area (Å²) in [6.07, 6.45) is 1.83. The third-order valence-corrected chi connectivity index (χ3v) is 9.91. The number of ether oxygens (including phenoxy) is 1. The highest BCUT2D eigenvalue weighted by Gasteiger charge is 2.75. The maximum absolute atomic E-state index is 13.6. The molecule has 4 aliphatic rings. The van der Waals surface area contributed by atoms with Crippen molar-refractivity contribution in [1.29, 1.82) is 0 Å². The number of hydrogen-bond donors (Lipinski definition) is 2. The molecule has 0 aromatic heterocycles. The monoisotopic (exact) mass is 578 g/mol. The lowest BCUT2D eigenvalue weighted by Gasteiger charge is -2.50. The standard InChI is InChI=1S/C27H28Cl2N2O8/c1-3-39-18-11-13(6-9-17(18)32)21-14-7-8-15-20(23(36)31(22(15)35)10-4-5-19(33)34)16(14)12-26(28)24(37)30(2)25(38)27(21,26)29/h6-7,9,11,15-16,20-21,32H,3-5,8,10,12H2,1-2H3,(H,33,34)/t15-,16+,20-,21-,26+,27-/m0/s1. The zero-order valence-electron chi connectivity index (χ0n) is 21.4. The Bertz CT molecular complexity index is 1330. The van der Waals surface area contributed by atoms with Gasteiger partial charge in [-0.3, -0.25) is 33.8 Å². The number of carboxylic acid groups (broad SMARTS) is 1. The quantitative estimate of drug-likeness (QED) is 0.285. The topological polar surface area (TPSA) is 142 Å². The number of nitrogens with zero attached hydrogens (tertiary/aromatic N) is 2. The van der Waals surface area contributed by atoms with Crippen LogP contribution in [0.4, 0.5) is 0 Å². The minimum absolute atomic E-state index is 0.0241. The van der Waals surface area contributed by atoms with Gasteiger partial charge >= 0.3 is 5.97 Å². The molecule has 6 atom stereocenters. The van der Waals surface area contributed by atoms with E-state index in [1.807, 2.05) is 6.08 Å². The van der Waals surface area contributed by atoms with Crippen molar-refractivity contribution < 1.29 is 38.9 Å². The minimum Gasteiger partial charge on any atom is -0.504 e. The number of hydrogen-bond acceptors (Lipinski definition) is 7. The molecule has 208 valence electrons. The van der Waals surface area contributed by atoms with E-state index >= 15 is 0 Å². The maximum Gasteiger partial charge on any atom is 0.303 e. The van der Waals surface area contributed by atoms with Crippen molar-refractivity contribution in [2.24, 2.45) is 17.8 Å². The number of amides is 4. The molecule has 3 fully saturated rings. The number of allylic oxidation sites excluding steroid dienone is 2. The first-order chi connectivity index (χ1) is 18.4. The molecule has 1 saturated carbocycles. The molecular formula is C27H28Cl2N2O8. The van der Waals surface area contributed by atoms with Crippen molar-refractivity contribution >= 4 is 52.8 Å². The van der Waals surface area contributed by atoms with E-state index in [0.29, 0.717) is 11.1 Å². The Hall–Kier alpha value is -3.11. The van der Waals surface area contributed by atoms with Crippen molar-refractivity contribution in [3.63, 3.8) is 0 Å². The number of carbonyl (C=O) groups is 5. The number of aliphatic carboxylic acids is 1. The lowest BCUT2D eigenvalue weighted by Crippen LogP contribution is -2.60. The van der Waals surface area contributed by atoms with Crippen molar-refractivity contribution in [2.75, 3.05) is 20.2 Å². The molecule has 2 aliphatic heterocycles. The molecule has 4 amide bonds. The van der Waals surface area contributed by atoms with Crippen LogP contribution in [0.5, 0.6) is 11.5 Å². The molecule has 2 saturated heterocycles. The van der Waals surface area contributed by atoms with Crippen LogP contribution in [0.3, 0.4) is 0 Å². The number of carbonyl (C=O) groups excluding carboxylic acids is 4. The average molecular weight is 579 g/mol. The van der Waals surface area contributed by atoms with E-state index in [2.05, 4.69) is 0 Å². The Labute approximate surface area is 234 Å². The van der Waals surface area contributed by atoms with Gasteiger partial charge in [-0.05, 0) is 49.8 Å². The molecule has 0 spiro atoms. The number of alkyl halides is 2. The van der Waals surface area contributed by atoms with Gasteiger partial charge in [-0.1, -0.05) is 17.7 Å². The molecule has 12 heteroatoms. The van der Waals surface area contributed by atoms with Crippen LogP contribution in [0.15, 0.2) is 29.8 Å². The minimum atomic E-state index is -1.93. The first kappa shape index (κ1) is 27.5. The van der Waals surface area contributed by atoms with Crippen LogP contribution < -0.4 is 4.74 Å². The van der Waals surface area contributed by atoms with E-state index < -0.39 is 57.1 Å². The zero-order chi connectivity index (χ0) is 28.4. The number of phenols is 1. The molecule has 0 bridgehead atoms. The molecule has 2 heterocycles. The largest absolute Gasteiger partial charge is 0.504 e. The van der Waals surface area contributed by atoms with Crippen molar-refractivity contribution in [3.8, 4) is 11.5 Å². The summed E-state index contributed by atoms with van der Waals surface area (Å²) < 4.78 is 5.56. The van der Waals surface area contributed by atoms with Crippen LogP contribution in [0, 0.1) is 17.8 Å². The Morgan fingerprint density at radius 1 is 1.13 bits per heavy atom. The van der Waals surface area contributed by atoms with E-state index in [1.54, 1.807) is 19.1 Å². The molecule has 10 nitrogen and oxygen atoms in total. The normalized spacial score (nSPS) is 33.6. The zero-order valence-corrected chi connectivity index (χ0v) is 22.9. The number of phenolic OH excluding ortho intramolecular Hbond substituents is 1. The van der Waals surface area contributed by atoms with Crippen LogP contribution in [0.25, 0.3) is 0 Å². The van der Waals surface area contributed by atoms with Gasteiger partial charge in [0.05, 0.1) is 18.4 Å². The van der Waals surface area contributed by atoms with Gasteiger partial charge in [0, 0.05) is 25.9 Å². The van der Waals surface area contributed by atoms with E-state index in [-0.39, 0.29) is 56.2 Å². The summed E-state index contributed by atoms with van der Waals surface area (Å²) in [5.74, 6) is -6.34. The highest BCUT2D eigenvalue weighted by Crippen LogP contribution is 2.65. The highest BCUT2D eigenvalue weighted by molar-refractivity contribution is 6.53. The van der Waals surface area contributed by atoms with E-state index in [9.17, 15) is 29.1 Å². The fourth-order valence-corrected chi connectivity index (χ4v) is 7.79.